The minimum atomic E-state index is -0.132. The van der Waals surface area contributed by atoms with Crippen LogP contribution in [0.4, 0.5) is 4.39 Å². The number of ether oxygens (including phenoxy) is 1. The van der Waals surface area contributed by atoms with Gasteiger partial charge in [-0.15, -0.1) is 0 Å². The molecule has 19 heavy (non-hydrogen) atoms. The van der Waals surface area contributed by atoms with Crippen LogP contribution in [-0.2, 0) is 17.8 Å². The molecule has 0 unspecified atom stereocenters. The molecule has 4 heteroatoms. The lowest BCUT2D eigenvalue weighted by atomic mass is 10.2. The molecule has 102 valence electrons. The van der Waals surface area contributed by atoms with Crippen LogP contribution < -0.4 is 0 Å². The third-order valence-electron chi connectivity index (χ3n) is 3.76. The van der Waals surface area contributed by atoms with E-state index in [0.29, 0.717) is 0 Å². The quantitative estimate of drug-likeness (QED) is 0.846. The van der Waals surface area contributed by atoms with E-state index in [1.807, 2.05) is 6.07 Å². The van der Waals surface area contributed by atoms with E-state index in [9.17, 15) is 4.39 Å². The molecule has 0 bridgehead atoms. The molecule has 2 aromatic rings. The number of morpholine rings is 1. The second-order valence-electron chi connectivity index (χ2n) is 4.95. The lowest BCUT2D eigenvalue weighted by Crippen LogP contribution is -2.36. The van der Waals surface area contributed by atoms with Crippen molar-refractivity contribution in [1.29, 1.82) is 0 Å². The van der Waals surface area contributed by atoms with E-state index < -0.39 is 0 Å². The highest BCUT2D eigenvalue weighted by atomic mass is 19.1. The predicted molar refractivity (Wildman–Crippen MR) is 73.7 cm³/mol. The van der Waals surface area contributed by atoms with E-state index in [0.717, 1.165) is 50.3 Å². The molecule has 1 saturated heterocycles. The highest BCUT2D eigenvalue weighted by Gasteiger charge is 2.16. The van der Waals surface area contributed by atoms with Gasteiger partial charge in [-0.1, -0.05) is 12.1 Å². The lowest BCUT2D eigenvalue weighted by molar-refractivity contribution is 0.0332. The maximum Gasteiger partial charge on any atom is 0.147 e. The molecular weight excluding hydrogens is 243 g/mol. The molecular formula is C15H19FN2O. The van der Waals surface area contributed by atoms with E-state index in [1.54, 1.807) is 6.07 Å². The largest absolute Gasteiger partial charge is 0.379 e. The van der Waals surface area contributed by atoms with Crippen molar-refractivity contribution in [3.8, 4) is 0 Å². The summed E-state index contributed by atoms with van der Waals surface area (Å²) in [5.41, 5.74) is 1.91. The SMILES string of the molecule is CCn1c(CN2CCOCC2)cc2cccc(F)c21. The molecule has 0 spiro atoms. The molecule has 1 aliphatic heterocycles. The first-order chi connectivity index (χ1) is 9.29. The predicted octanol–water partition coefficient (Wildman–Crippen LogP) is 2.63. The zero-order valence-corrected chi connectivity index (χ0v) is 11.2. The van der Waals surface area contributed by atoms with Gasteiger partial charge in [-0.05, 0) is 19.1 Å². The monoisotopic (exact) mass is 262 g/mol. The topological polar surface area (TPSA) is 17.4 Å². The summed E-state index contributed by atoms with van der Waals surface area (Å²) < 4.78 is 21.4. The van der Waals surface area contributed by atoms with E-state index in [1.165, 1.54) is 11.8 Å². The molecule has 0 saturated carbocycles. The molecule has 3 rings (SSSR count). The number of aromatic nitrogens is 1. The van der Waals surface area contributed by atoms with E-state index in [-0.39, 0.29) is 5.82 Å². The first-order valence-corrected chi connectivity index (χ1v) is 6.86. The number of nitrogens with zero attached hydrogens (tertiary/aromatic N) is 2. The van der Waals surface area contributed by atoms with Crippen molar-refractivity contribution in [2.45, 2.75) is 20.0 Å². The Labute approximate surface area is 112 Å². The minimum Gasteiger partial charge on any atom is -0.379 e. The Bertz CT molecular complexity index is 573. The Morgan fingerprint density at radius 3 is 2.79 bits per heavy atom. The molecule has 0 radical (unpaired) electrons. The molecule has 1 aliphatic rings. The summed E-state index contributed by atoms with van der Waals surface area (Å²) in [6, 6.07) is 7.40. The molecule has 1 fully saturated rings. The average Bonchev–Trinajstić information content (AvgIpc) is 2.78. The molecule has 2 heterocycles. The number of hydrogen-bond donors (Lipinski definition) is 0. The highest BCUT2D eigenvalue weighted by molar-refractivity contribution is 5.81. The first-order valence-electron chi connectivity index (χ1n) is 6.86. The van der Waals surface area contributed by atoms with Crippen LogP contribution in [0.1, 0.15) is 12.6 Å². The Kier molecular flexibility index (Phi) is 3.53. The molecule has 1 aromatic carbocycles. The van der Waals surface area contributed by atoms with E-state index in [2.05, 4.69) is 22.5 Å². The number of fused-ring (bicyclic) bond motifs is 1. The van der Waals surface area contributed by atoms with Gasteiger partial charge in [-0.2, -0.15) is 0 Å². The summed E-state index contributed by atoms with van der Waals surface area (Å²) in [5, 5.41) is 0.991. The molecule has 0 atom stereocenters. The van der Waals surface area contributed by atoms with Crippen LogP contribution in [-0.4, -0.2) is 35.8 Å². The van der Waals surface area contributed by atoms with Gasteiger partial charge >= 0.3 is 0 Å². The Morgan fingerprint density at radius 1 is 1.26 bits per heavy atom. The van der Waals surface area contributed by atoms with Crippen LogP contribution in [0.3, 0.4) is 0 Å². The zero-order chi connectivity index (χ0) is 13.2. The Hall–Kier alpha value is -1.39. The van der Waals surface area contributed by atoms with E-state index in [4.69, 9.17) is 4.74 Å². The summed E-state index contributed by atoms with van der Waals surface area (Å²) in [6.07, 6.45) is 0. The Balaban J connectivity index is 1.96. The maximum atomic E-state index is 14.0. The van der Waals surface area contributed by atoms with Crippen LogP contribution in [0.25, 0.3) is 10.9 Å². The standard InChI is InChI=1S/C15H19FN2O/c1-2-18-13(11-17-6-8-19-9-7-17)10-12-4-3-5-14(16)15(12)18/h3-5,10H,2,6-9,11H2,1H3. The van der Waals surface area contributed by atoms with Crippen molar-refractivity contribution < 1.29 is 9.13 Å². The van der Waals surface area contributed by atoms with Gasteiger partial charge in [0.25, 0.3) is 0 Å². The van der Waals surface area contributed by atoms with Gasteiger partial charge in [0.1, 0.15) is 5.82 Å². The molecule has 0 N–H and O–H groups in total. The third-order valence-corrected chi connectivity index (χ3v) is 3.76. The van der Waals surface area contributed by atoms with Gasteiger partial charge in [0.15, 0.2) is 0 Å². The fraction of sp³-hybridized carbons (Fsp3) is 0.467. The average molecular weight is 262 g/mol. The number of rotatable bonds is 3. The van der Waals surface area contributed by atoms with Gasteiger partial charge < -0.3 is 9.30 Å². The van der Waals surface area contributed by atoms with Crippen molar-refractivity contribution in [3.05, 3.63) is 35.8 Å². The maximum absolute atomic E-state index is 14.0. The summed E-state index contributed by atoms with van der Waals surface area (Å²) in [4.78, 5) is 2.36. The highest BCUT2D eigenvalue weighted by Crippen LogP contribution is 2.23. The summed E-state index contributed by atoms with van der Waals surface area (Å²) in [6.45, 7) is 7.22. The second-order valence-corrected chi connectivity index (χ2v) is 4.95. The van der Waals surface area contributed by atoms with Crippen LogP contribution in [0.5, 0.6) is 0 Å². The van der Waals surface area contributed by atoms with Gasteiger partial charge in [-0.3, -0.25) is 4.90 Å². The van der Waals surface area contributed by atoms with Gasteiger partial charge in [0.2, 0.25) is 0 Å². The summed E-state index contributed by atoms with van der Waals surface area (Å²) >= 11 is 0. The molecule has 3 nitrogen and oxygen atoms in total. The first kappa shape index (κ1) is 12.6. The van der Waals surface area contributed by atoms with Gasteiger partial charge in [0, 0.05) is 37.3 Å². The van der Waals surface area contributed by atoms with Crippen LogP contribution in [0.15, 0.2) is 24.3 Å². The lowest BCUT2D eigenvalue weighted by Gasteiger charge is -2.26. The van der Waals surface area contributed by atoms with Crippen molar-refractivity contribution in [2.24, 2.45) is 0 Å². The number of halogens is 1. The number of para-hydroxylation sites is 1. The normalized spacial score (nSPS) is 17.2. The Morgan fingerprint density at radius 2 is 2.05 bits per heavy atom. The summed E-state index contributed by atoms with van der Waals surface area (Å²) in [5.74, 6) is -0.132. The molecule has 1 aromatic heterocycles. The number of aryl methyl sites for hydroxylation is 1. The van der Waals surface area contributed by atoms with Crippen LogP contribution in [0.2, 0.25) is 0 Å². The minimum absolute atomic E-state index is 0.132. The van der Waals surface area contributed by atoms with Gasteiger partial charge in [-0.25, -0.2) is 4.39 Å². The van der Waals surface area contributed by atoms with Crippen molar-refractivity contribution in [3.63, 3.8) is 0 Å². The molecule has 0 amide bonds. The number of hydrogen-bond acceptors (Lipinski definition) is 2. The van der Waals surface area contributed by atoms with Crippen molar-refractivity contribution in [1.82, 2.24) is 9.47 Å². The zero-order valence-electron chi connectivity index (χ0n) is 11.2. The van der Waals surface area contributed by atoms with Crippen LogP contribution >= 0.6 is 0 Å². The third kappa shape index (κ3) is 2.38. The number of benzene rings is 1. The second kappa shape index (κ2) is 5.31. The smallest absolute Gasteiger partial charge is 0.147 e. The molecule has 0 aliphatic carbocycles. The van der Waals surface area contributed by atoms with Crippen molar-refractivity contribution >= 4 is 10.9 Å². The van der Waals surface area contributed by atoms with E-state index >= 15 is 0 Å². The van der Waals surface area contributed by atoms with Crippen LogP contribution in [0, 0.1) is 5.82 Å². The fourth-order valence-electron chi connectivity index (χ4n) is 2.81. The van der Waals surface area contributed by atoms with Gasteiger partial charge in [0.05, 0.1) is 18.7 Å². The summed E-state index contributed by atoms with van der Waals surface area (Å²) in [7, 11) is 0. The fourth-order valence-corrected chi connectivity index (χ4v) is 2.81. The van der Waals surface area contributed by atoms with Crippen molar-refractivity contribution in [2.75, 3.05) is 26.3 Å².